The Labute approximate surface area is 135 Å². The van der Waals surface area contributed by atoms with E-state index in [0.717, 1.165) is 5.92 Å². The minimum Gasteiger partial charge on any atom is -0.317 e. The van der Waals surface area contributed by atoms with Crippen molar-refractivity contribution < 1.29 is 0 Å². The fourth-order valence-corrected chi connectivity index (χ4v) is 3.39. The predicted molar refractivity (Wildman–Crippen MR) is 90.3 cm³/mol. The zero-order chi connectivity index (χ0) is 12.2. The molecular weight excluding hydrogens is 291 g/mol. The topological polar surface area (TPSA) is 15.3 Å². The van der Waals surface area contributed by atoms with Gasteiger partial charge in [-0.2, -0.15) is 0 Å². The molecule has 0 aromatic heterocycles. The van der Waals surface area contributed by atoms with Gasteiger partial charge in [-0.15, -0.1) is 24.8 Å². The van der Waals surface area contributed by atoms with Crippen LogP contribution in [0.1, 0.15) is 42.7 Å². The lowest BCUT2D eigenvalue weighted by Gasteiger charge is -2.26. The molecule has 2 aliphatic rings. The fraction of sp³-hybridized carbons (Fsp3) is 0.625. The van der Waals surface area contributed by atoms with Gasteiger partial charge in [0.05, 0.1) is 0 Å². The van der Waals surface area contributed by atoms with Crippen LogP contribution in [0.25, 0.3) is 0 Å². The molecule has 0 bridgehead atoms. The van der Waals surface area contributed by atoms with Crippen LogP contribution in [-0.2, 0) is 6.54 Å². The standard InChI is InChI=1S/C16H24N2.2ClH/c1-2-6-16(14-7-9-17-10-8-14)15(5-1)13-18-11-3-4-12-18;;/h1-2,5-6,14,17H,3-4,7-13H2;2*1H. The molecule has 20 heavy (non-hydrogen) atoms. The molecule has 0 amide bonds. The summed E-state index contributed by atoms with van der Waals surface area (Å²) in [4.78, 5) is 2.61. The zero-order valence-electron chi connectivity index (χ0n) is 12.0. The molecule has 0 atom stereocenters. The van der Waals surface area contributed by atoms with Crippen molar-refractivity contribution in [1.82, 2.24) is 10.2 Å². The minimum absolute atomic E-state index is 0. The number of piperidine rings is 1. The molecule has 4 heteroatoms. The summed E-state index contributed by atoms with van der Waals surface area (Å²) in [6.07, 6.45) is 5.37. The van der Waals surface area contributed by atoms with Crippen LogP contribution in [0.3, 0.4) is 0 Å². The molecular formula is C16H26Cl2N2. The highest BCUT2D eigenvalue weighted by atomic mass is 35.5. The first kappa shape index (κ1) is 17.8. The van der Waals surface area contributed by atoms with Crippen LogP contribution < -0.4 is 5.32 Å². The van der Waals surface area contributed by atoms with E-state index in [1.807, 2.05) is 0 Å². The van der Waals surface area contributed by atoms with Gasteiger partial charge in [0, 0.05) is 6.54 Å². The highest BCUT2D eigenvalue weighted by molar-refractivity contribution is 5.85. The number of nitrogens with zero attached hydrogens (tertiary/aromatic N) is 1. The molecule has 3 rings (SSSR count). The molecule has 2 nitrogen and oxygen atoms in total. The Morgan fingerprint density at radius 2 is 1.65 bits per heavy atom. The first-order valence-corrected chi connectivity index (χ1v) is 7.44. The van der Waals surface area contributed by atoms with Crippen LogP contribution in [0.4, 0.5) is 0 Å². The highest BCUT2D eigenvalue weighted by Gasteiger charge is 2.19. The average Bonchev–Trinajstić information content (AvgIpc) is 2.93. The summed E-state index contributed by atoms with van der Waals surface area (Å²) < 4.78 is 0. The lowest BCUT2D eigenvalue weighted by molar-refractivity contribution is 0.328. The van der Waals surface area contributed by atoms with Crippen LogP contribution in [0, 0.1) is 0 Å². The second-order valence-electron chi connectivity index (χ2n) is 5.71. The van der Waals surface area contributed by atoms with Gasteiger partial charge in [0.15, 0.2) is 0 Å². The van der Waals surface area contributed by atoms with E-state index < -0.39 is 0 Å². The van der Waals surface area contributed by atoms with Crippen molar-refractivity contribution in [2.45, 2.75) is 38.1 Å². The number of hydrogen-bond donors (Lipinski definition) is 1. The summed E-state index contributed by atoms with van der Waals surface area (Å²) in [5.41, 5.74) is 3.19. The second-order valence-corrected chi connectivity index (χ2v) is 5.71. The quantitative estimate of drug-likeness (QED) is 0.916. The monoisotopic (exact) mass is 316 g/mol. The third-order valence-electron chi connectivity index (χ3n) is 4.43. The highest BCUT2D eigenvalue weighted by Crippen LogP contribution is 2.29. The van der Waals surface area contributed by atoms with Crippen LogP contribution in [-0.4, -0.2) is 31.1 Å². The number of likely N-dealkylation sites (tertiary alicyclic amines) is 1. The van der Waals surface area contributed by atoms with Crippen molar-refractivity contribution in [3.8, 4) is 0 Å². The van der Waals surface area contributed by atoms with Crippen molar-refractivity contribution in [3.63, 3.8) is 0 Å². The van der Waals surface area contributed by atoms with E-state index in [9.17, 15) is 0 Å². The van der Waals surface area contributed by atoms with Gasteiger partial charge in [-0.1, -0.05) is 24.3 Å². The number of rotatable bonds is 3. The predicted octanol–water partition coefficient (Wildman–Crippen LogP) is 3.59. The van der Waals surface area contributed by atoms with Gasteiger partial charge in [0.2, 0.25) is 0 Å². The number of nitrogens with one attached hydrogen (secondary N) is 1. The van der Waals surface area contributed by atoms with Crippen LogP contribution in [0.2, 0.25) is 0 Å². The Morgan fingerprint density at radius 1 is 1.00 bits per heavy atom. The minimum atomic E-state index is 0. The molecule has 0 unspecified atom stereocenters. The van der Waals surface area contributed by atoms with Crippen molar-refractivity contribution in [3.05, 3.63) is 35.4 Å². The molecule has 2 fully saturated rings. The molecule has 1 aromatic carbocycles. The Balaban J connectivity index is 0.000001000. The summed E-state index contributed by atoms with van der Waals surface area (Å²) >= 11 is 0. The molecule has 0 saturated carbocycles. The van der Waals surface area contributed by atoms with E-state index >= 15 is 0 Å². The van der Waals surface area contributed by atoms with E-state index in [1.165, 1.54) is 58.4 Å². The molecule has 114 valence electrons. The number of hydrogen-bond acceptors (Lipinski definition) is 2. The van der Waals surface area contributed by atoms with Crippen LogP contribution >= 0.6 is 24.8 Å². The summed E-state index contributed by atoms with van der Waals surface area (Å²) in [6.45, 7) is 6.12. The van der Waals surface area contributed by atoms with E-state index in [1.54, 1.807) is 11.1 Å². The smallest absolute Gasteiger partial charge is 0.0236 e. The summed E-state index contributed by atoms with van der Waals surface area (Å²) in [6, 6.07) is 9.12. The summed E-state index contributed by atoms with van der Waals surface area (Å²) in [5, 5.41) is 3.47. The Kier molecular flexibility index (Phi) is 7.90. The SMILES string of the molecule is Cl.Cl.c1ccc(C2CCNCC2)c(CN2CCCC2)c1. The largest absolute Gasteiger partial charge is 0.317 e. The van der Waals surface area contributed by atoms with Crippen LogP contribution in [0.5, 0.6) is 0 Å². The van der Waals surface area contributed by atoms with Gasteiger partial charge in [0.1, 0.15) is 0 Å². The summed E-state index contributed by atoms with van der Waals surface area (Å²) in [5.74, 6) is 0.782. The molecule has 1 N–H and O–H groups in total. The van der Waals surface area contributed by atoms with E-state index in [-0.39, 0.29) is 24.8 Å². The van der Waals surface area contributed by atoms with E-state index in [2.05, 4.69) is 34.5 Å². The third kappa shape index (κ3) is 4.36. The van der Waals surface area contributed by atoms with Gasteiger partial charge in [-0.25, -0.2) is 0 Å². The Morgan fingerprint density at radius 3 is 2.35 bits per heavy atom. The van der Waals surface area contributed by atoms with Crippen LogP contribution in [0.15, 0.2) is 24.3 Å². The van der Waals surface area contributed by atoms with E-state index in [0.29, 0.717) is 0 Å². The maximum absolute atomic E-state index is 3.47. The average molecular weight is 317 g/mol. The van der Waals surface area contributed by atoms with Crippen molar-refractivity contribution >= 4 is 24.8 Å². The first-order chi connectivity index (χ1) is 8.93. The Hall–Kier alpha value is -0.280. The Bertz CT molecular complexity index is 386. The summed E-state index contributed by atoms with van der Waals surface area (Å²) in [7, 11) is 0. The van der Waals surface area contributed by atoms with Gasteiger partial charge in [0.25, 0.3) is 0 Å². The molecule has 1 aromatic rings. The molecule has 0 radical (unpaired) electrons. The number of benzene rings is 1. The van der Waals surface area contributed by atoms with Gasteiger partial charge in [-0.05, 0) is 68.9 Å². The molecule has 0 aliphatic carbocycles. The maximum Gasteiger partial charge on any atom is 0.0236 e. The lowest BCUT2D eigenvalue weighted by atomic mass is 9.87. The van der Waals surface area contributed by atoms with E-state index in [4.69, 9.17) is 0 Å². The second kappa shape index (κ2) is 8.89. The van der Waals surface area contributed by atoms with Gasteiger partial charge >= 0.3 is 0 Å². The van der Waals surface area contributed by atoms with Gasteiger partial charge in [-0.3, -0.25) is 4.90 Å². The lowest BCUT2D eigenvalue weighted by Crippen LogP contribution is -2.27. The number of halogens is 2. The first-order valence-electron chi connectivity index (χ1n) is 7.44. The zero-order valence-corrected chi connectivity index (χ0v) is 13.6. The van der Waals surface area contributed by atoms with Crippen molar-refractivity contribution in [2.75, 3.05) is 26.2 Å². The molecule has 2 saturated heterocycles. The third-order valence-corrected chi connectivity index (χ3v) is 4.43. The molecule has 2 heterocycles. The van der Waals surface area contributed by atoms with Crippen molar-refractivity contribution in [2.24, 2.45) is 0 Å². The fourth-order valence-electron chi connectivity index (χ4n) is 3.39. The molecule has 2 aliphatic heterocycles. The van der Waals surface area contributed by atoms with Gasteiger partial charge < -0.3 is 5.32 Å². The van der Waals surface area contributed by atoms with Crippen molar-refractivity contribution in [1.29, 1.82) is 0 Å². The molecule has 0 spiro atoms. The maximum atomic E-state index is 3.47. The normalized spacial score (nSPS) is 20.2.